The second kappa shape index (κ2) is 5.40. The minimum Gasteiger partial charge on any atom is -0.276 e. The molecule has 0 aliphatic carbocycles. The fourth-order valence-corrected chi connectivity index (χ4v) is 2.45. The molecule has 1 unspecified atom stereocenters. The molecule has 3 N–H and O–H groups in total. The van der Waals surface area contributed by atoms with Crippen LogP contribution in [0.3, 0.4) is 0 Å². The fourth-order valence-electron chi connectivity index (χ4n) is 2.45. The Morgan fingerprint density at radius 3 is 2.85 bits per heavy atom. The van der Waals surface area contributed by atoms with Crippen molar-refractivity contribution in [2.75, 3.05) is 0 Å². The number of nitrogens with one attached hydrogen (secondary N) is 1. The van der Waals surface area contributed by atoms with E-state index in [9.17, 15) is 0 Å². The number of aryl methyl sites for hydroxylation is 1. The van der Waals surface area contributed by atoms with Gasteiger partial charge in [-0.2, -0.15) is 5.10 Å². The molecule has 5 heteroatoms. The zero-order chi connectivity index (χ0) is 13.9. The Morgan fingerprint density at radius 2 is 2.10 bits per heavy atom. The van der Waals surface area contributed by atoms with E-state index in [1.807, 2.05) is 31.4 Å². The molecule has 0 aliphatic heterocycles. The first-order valence-corrected chi connectivity index (χ1v) is 6.56. The average Bonchev–Trinajstić information content (AvgIpc) is 2.89. The van der Waals surface area contributed by atoms with E-state index in [4.69, 9.17) is 5.84 Å². The first-order valence-electron chi connectivity index (χ1n) is 6.56. The second-order valence-corrected chi connectivity index (χ2v) is 4.83. The number of hydrogen-bond acceptors (Lipinski definition) is 4. The van der Waals surface area contributed by atoms with E-state index in [-0.39, 0.29) is 6.04 Å². The lowest BCUT2D eigenvalue weighted by Gasteiger charge is -2.16. The number of hydrazine groups is 1. The molecule has 1 atom stereocenters. The summed E-state index contributed by atoms with van der Waals surface area (Å²) in [6.45, 7) is 0. The standard InChI is InChI=1S/C15H17N5/c1-20-9-7-12(19-20)10-14(18-16)13-6-2-4-11-5-3-8-17-15(11)13/h2-9,14,18H,10,16H2,1H3. The van der Waals surface area contributed by atoms with Crippen LogP contribution in [0.4, 0.5) is 0 Å². The summed E-state index contributed by atoms with van der Waals surface area (Å²) in [7, 11) is 1.91. The van der Waals surface area contributed by atoms with Crippen LogP contribution >= 0.6 is 0 Å². The molecule has 3 rings (SSSR count). The summed E-state index contributed by atoms with van der Waals surface area (Å²) < 4.78 is 1.80. The predicted octanol–water partition coefficient (Wildman–Crippen LogP) is 1.72. The summed E-state index contributed by atoms with van der Waals surface area (Å²) in [5.74, 6) is 5.74. The van der Waals surface area contributed by atoms with E-state index in [0.29, 0.717) is 0 Å². The molecule has 1 aromatic carbocycles. The summed E-state index contributed by atoms with van der Waals surface area (Å²) >= 11 is 0. The fraction of sp³-hybridized carbons (Fsp3) is 0.200. The molecule has 0 aliphatic rings. The minimum absolute atomic E-state index is 0.0106. The van der Waals surface area contributed by atoms with Crippen molar-refractivity contribution in [3.63, 3.8) is 0 Å². The van der Waals surface area contributed by atoms with Gasteiger partial charge in [0.05, 0.1) is 17.3 Å². The number of fused-ring (bicyclic) bond motifs is 1. The van der Waals surface area contributed by atoms with Crippen LogP contribution in [0, 0.1) is 0 Å². The van der Waals surface area contributed by atoms with Gasteiger partial charge in [-0.25, -0.2) is 0 Å². The highest BCUT2D eigenvalue weighted by atomic mass is 15.3. The van der Waals surface area contributed by atoms with Crippen molar-refractivity contribution < 1.29 is 0 Å². The van der Waals surface area contributed by atoms with E-state index in [1.165, 1.54) is 0 Å². The number of nitrogens with two attached hydrogens (primary N) is 1. The molecule has 5 nitrogen and oxygen atoms in total. The molecule has 0 spiro atoms. The first-order chi connectivity index (χ1) is 9.78. The number of benzene rings is 1. The van der Waals surface area contributed by atoms with Gasteiger partial charge in [0.1, 0.15) is 0 Å². The largest absolute Gasteiger partial charge is 0.276 e. The minimum atomic E-state index is -0.0106. The lowest BCUT2D eigenvalue weighted by molar-refractivity contribution is 0.544. The van der Waals surface area contributed by atoms with Crippen LogP contribution in [-0.4, -0.2) is 14.8 Å². The Labute approximate surface area is 117 Å². The third kappa shape index (κ3) is 2.41. The van der Waals surface area contributed by atoms with Gasteiger partial charge in [-0.1, -0.05) is 24.3 Å². The Bertz CT molecular complexity index is 714. The molecule has 2 aromatic heterocycles. The van der Waals surface area contributed by atoms with Gasteiger partial charge in [0.25, 0.3) is 0 Å². The van der Waals surface area contributed by atoms with Gasteiger partial charge in [-0.05, 0) is 17.7 Å². The van der Waals surface area contributed by atoms with Crippen LogP contribution in [0.2, 0.25) is 0 Å². The van der Waals surface area contributed by atoms with Crippen LogP contribution in [-0.2, 0) is 13.5 Å². The number of rotatable bonds is 4. The van der Waals surface area contributed by atoms with Gasteiger partial charge >= 0.3 is 0 Å². The summed E-state index contributed by atoms with van der Waals surface area (Å²) in [6.07, 6.45) is 4.47. The van der Waals surface area contributed by atoms with Gasteiger partial charge in [-0.15, -0.1) is 0 Å². The van der Waals surface area contributed by atoms with E-state index in [0.717, 1.165) is 28.6 Å². The number of nitrogens with zero attached hydrogens (tertiary/aromatic N) is 3. The predicted molar refractivity (Wildman–Crippen MR) is 78.7 cm³/mol. The number of para-hydroxylation sites is 1. The Morgan fingerprint density at radius 1 is 1.25 bits per heavy atom. The molecule has 20 heavy (non-hydrogen) atoms. The van der Waals surface area contributed by atoms with Crippen LogP contribution in [0.1, 0.15) is 17.3 Å². The van der Waals surface area contributed by atoms with E-state index < -0.39 is 0 Å². The molecular formula is C15H17N5. The molecule has 3 aromatic rings. The lowest BCUT2D eigenvalue weighted by atomic mass is 9.99. The van der Waals surface area contributed by atoms with E-state index in [1.54, 1.807) is 10.9 Å². The molecule has 102 valence electrons. The van der Waals surface area contributed by atoms with Crippen LogP contribution in [0.25, 0.3) is 10.9 Å². The third-order valence-corrected chi connectivity index (χ3v) is 3.42. The zero-order valence-electron chi connectivity index (χ0n) is 11.3. The summed E-state index contributed by atoms with van der Waals surface area (Å²) in [5.41, 5.74) is 5.96. The molecule has 0 bridgehead atoms. The number of aromatic nitrogens is 3. The summed E-state index contributed by atoms with van der Waals surface area (Å²) in [5, 5.41) is 5.52. The van der Waals surface area contributed by atoms with Gasteiger partial charge in [0.15, 0.2) is 0 Å². The monoisotopic (exact) mass is 267 g/mol. The Hall–Kier alpha value is -2.24. The highest BCUT2D eigenvalue weighted by Crippen LogP contribution is 2.24. The SMILES string of the molecule is Cn1ccc(CC(NN)c2cccc3cccnc23)n1. The Balaban J connectivity index is 1.98. The summed E-state index contributed by atoms with van der Waals surface area (Å²) in [4.78, 5) is 4.48. The first kappa shape index (κ1) is 12.8. The van der Waals surface area contributed by atoms with Crippen molar-refractivity contribution >= 4 is 10.9 Å². The molecule has 0 radical (unpaired) electrons. The number of hydrogen-bond donors (Lipinski definition) is 2. The molecule has 0 amide bonds. The normalized spacial score (nSPS) is 12.7. The van der Waals surface area contributed by atoms with Crippen molar-refractivity contribution in [3.05, 3.63) is 60.0 Å². The van der Waals surface area contributed by atoms with Crippen LogP contribution in [0.15, 0.2) is 48.8 Å². The quantitative estimate of drug-likeness (QED) is 0.558. The van der Waals surface area contributed by atoms with E-state index in [2.05, 4.69) is 33.7 Å². The van der Waals surface area contributed by atoms with Crippen LogP contribution in [0.5, 0.6) is 0 Å². The lowest BCUT2D eigenvalue weighted by Crippen LogP contribution is -2.30. The van der Waals surface area contributed by atoms with Crippen LogP contribution < -0.4 is 11.3 Å². The van der Waals surface area contributed by atoms with Gasteiger partial charge in [0, 0.05) is 31.2 Å². The Kier molecular flexibility index (Phi) is 3.45. The highest BCUT2D eigenvalue weighted by molar-refractivity contribution is 5.82. The van der Waals surface area contributed by atoms with Gasteiger partial charge in [-0.3, -0.25) is 20.9 Å². The second-order valence-electron chi connectivity index (χ2n) is 4.83. The maximum atomic E-state index is 5.74. The van der Waals surface area contributed by atoms with Crippen molar-refractivity contribution in [2.24, 2.45) is 12.9 Å². The molecule has 0 saturated heterocycles. The molecule has 0 fully saturated rings. The maximum absolute atomic E-state index is 5.74. The molecular weight excluding hydrogens is 250 g/mol. The summed E-state index contributed by atoms with van der Waals surface area (Å²) in [6, 6.07) is 12.1. The van der Waals surface area contributed by atoms with Crippen molar-refractivity contribution in [3.8, 4) is 0 Å². The zero-order valence-corrected chi connectivity index (χ0v) is 11.3. The third-order valence-electron chi connectivity index (χ3n) is 3.42. The van der Waals surface area contributed by atoms with Crippen molar-refractivity contribution in [2.45, 2.75) is 12.5 Å². The highest BCUT2D eigenvalue weighted by Gasteiger charge is 2.15. The maximum Gasteiger partial charge on any atom is 0.0750 e. The van der Waals surface area contributed by atoms with Crippen molar-refractivity contribution in [1.29, 1.82) is 0 Å². The van der Waals surface area contributed by atoms with E-state index >= 15 is 0 Å². The average molecular weight is 267 g/mol. The van der Waals surface area contributed by atoms with Crippen molar-refractivity contribution in [1.82, 2.24) is 20.2 Å². The topological polar surface area (TPSA) is 68.8 Å². The molecule has 2 heterocycles. The molecule has 0 saturated carbocycles. The van der Waals surface area contributed by atoms with Gasteiger partial charge < -0.3 is 0 Å². The number of pyridine rings is 1. The van der Waals surface area contributed by atoms with Gasteiger partial charge in [0.2, 0.25) is 0 Å². The smallest absolute Gasteiger partial charge is 0.0750 e.